The molecule has 0 spiro atoms. The minimum Gasteiger partial charge on any atom is -0.390 e. The van der Waals surface area contributed by atoms with Crippen LogP contribution in [0.2, 0.25) is 5.15 Å². The molecule has 1 atom stereocenters. The summed E-state index contributed by atoms with van der Waals surface area (Å²) >= 11 is 6.25. The Morgan fingerprint density at radius 1 is 1.38 bits per heavy atom. The molecule has 1 aromatic heterocycles. The van der Waals surface area contributed by atoms with Gasteiger partial charge in [0.15, 0.2) is 5.15 Å². The van der Waals surface area contributed by atoms with E-state index in [1.54, 1.807) is 0 Å². The van der Waals surface area contributed by atoms with E-state index >= 15 is 0 Å². The van der Waals surface area contributed by atoms with Crippen molar-refractivity contribution in [1.82, 2.24) is 14.9 Å². The van der Waals surface area contributed by atoms with Crippen molar-refractivity contribution in [3.63, 3.8) is 0 Å². The van der Waals surface area contributed by atoms with E-state index in [-0.39, 0.29) is 5.41 Å². The molecule has 1 aliphatic heterocycles. The standard InChI is InChI=1S/C16H28ClN3O/c1-5-6-7-13-18-12(14(17)19-13)10-20-9-8-16(4,21)15(2,3)11-20/h21H,5-11H2,1-4H3,(H,18,19)/t16-/m0/s1. The van der Waals surface area contributed by atoms with Gasteiger partial charge in [-0.05, 0) is 19.8 Å². The Bertz CT molecular complexity index is 482. The minimum absolute atomic E-state index is 0.122. The Morgan fingerprint density at radius 3 is 2.71 bits per heavy atom. The van der Waals surface area contributed by atoms with Crippen LogP contribution >= 0.6 is 11.6 Å². The van der Waals surface area contributed by atoms with Gasteiger partial charge in [-0.15, -0.1) is 0 Å². The Morgan fingerprint density at radius 2 is 2.10 bits per heavy atom. The van der Waals surface area contributed by atoms with Crippen LogP contribution in [0, 0.1) is 5.41 Å². The first-order valence-electron chi connectivity index (χ1n) is 7.93. The quantitative estimate of drug-likeness (QED) is 0.876. The lowest BCUT2D eigenvalue weighted by Crippen LogP contribution is -2.55. The van der Waals surface area contributed by atoms with Crippen LogP contribution in [0.3, 0.4) is 0 Å². The molecule has 120 valence electrons. The highest BCUT2D eigenvalue weighted by molar-refractivity contribution is 6.30. The summed E-state index contributed by atoms with van der Waals surface area (Å²) in [5.74, 6) is 0.986. The van der Waals surface area contributed by atoms with Crippen LogP contribution in [0.15, 0.2) is 0 Å². The minimum atomic E-state index is -0.604. The van der Waals surface area contributed by atoms with E-state index in [1.165, 1.54) is 0 Å². The molecule has 0 bridgehead atoms. The zero-order valence-electron chi connectivity index (χ0n) is 13.7. The third kappa shape index (κ3) is 3.79. The summed E-state index contributed by atoms with van der Waals surface area (Å²) in [5, 5.41) is 11.1. The average molecular weight is 314 g/mol. The number of hydrogen-bond acceptors (Lipinski definition) is 3. The second kappa shape index (κ2) is 6.27. The molecule has 2 N–H and O–H groups in total. The van der Waals surface area contributed by atoms with Gasteiger partial charge in [0.05, 0.1) is 11.3 Å². The van der Waals surface area contributed by atoms with Gasteiger partial charge in [-0.2, -0.15) is 0 Å². The topological polar surface area (TPSA) is 52.1 Å². The van der Waals surface area contributed by atoms with Gasteiger partial charge in [-0.25, -0.2) is 4.98 Å². The number of likely N-dealkylation sites (tertiary alicyclic amines) is 1. The number of piperidine rings is 1. The van der Waals surface area contributed by atoms with E-state index in [0.717, 1.165) is 56.8 Å². The maximum absolute atomic E-state index is 10.5. The maximum atomic E-state index is 10.5. The van der Waals surface area contributed by atoms with Crippen LogP contribution in [-0.2, 0) is 13.0 Å². The van der Waals surface area contributed by atoms with E-state index in [1.807, 2.05) is 6.92 Å². The number of hydrogen-bond donors (Lipinski definition) is 2. The zero-order valence-corrected chi connectivity index (χ0v) is 14.4. The van der Waals surface area contributed by atoms with Gasteiger partial charge >= 0.3 is 0 Å². The summed E-state index contributed by atoms with van der Waals surface area (Å²) in [6.07, 6.45) is 4.02. The molecule has 0 aliphatic carbocycles. The second-order valence-corrected chi connectivity index (χ2v) is 7.53. The molecule has 2 heterocycles. The third-order valence-electron chi connectivity index (χ3n) is 4.92. The molecule has 0 amide bonds. The number of aromatic amines is 1. The van der Waals surface area contributed by atoms with Gasteiger partial charge in [0.1, 0.15) is 5.82 Å². The molecule has 4 nitrogen and oxygen atoms in total. The monoisotopic (exact) mass is 313 g/mol. The van der Waals surface area contributed by atoms with Crippen LogP contribution in [0.5, 0.6) is 0 Å². The van der Waals surface area contributed by atoms with E-state index in [9.17, 15) is 5.11 Å². The van der Waals surface area contributed by atoms with Crippen molar-refractivity contribution in [3.8, 4) is 0 Å². The van der Waals surface area contributed by atoms with Gasteiger partial charge in [0, 0.05) is 31.5 Å². The molecule has 0 saturated carbocycles. The number of imidazole rings is 1. The first-order chi connectivity index (χ1) is 9.75. The Hall–Kier alpha value is -0.580. The number of nitrogens with one attached hydrogen (secondary N) is 1. The van der Waals surface area contributed by atoms with Crippen LogP contribution in [0.4, 0.5) is 0 Å². The fourth-order valence-corrected chi connectivity index (χ4v) is 3.10. The summed E-state index contributed by atoms with van der Waals surface area (Å²) in [4.78, 5) is 10.1. The molecule has 1 saturated heterocycles. The number of aromatic nitrogens is 2. The normalized spacial score (nSPS) is 26.2. The van der Waals surface area contributed by atoms with Gasteiger partial charge < -0.3 is 10.1 Å². The molecule has 0 unspecified atom stereocenters. The lowest BCUT2D eigenvalue weighted by atomic mass is 9.71. The fourth-order valence-electron chi connectivity index (χ4n) is 2.89. The lowest BCUT2D eigenvalue weighted by molar-refractivity contribution is -0.107. The number of H-pyrrole nitrogens is 1. The van der Waals surface area contributed by atoms with Gasteiger partial charge in [0.2, 0.25) is 0 Å². The molecule has 21 heavy (non-hydrogen) atoms. The van der Waals surface area contributed by atoms with E-state index < -0.39 is 5.60 Å². The predicted molar refractivity (Wildman–Crippen MR) is 86.5 cm³/mol. The highest BCUT2D eigenvalue weighted by atomic mass is 35.5. The summed E-state index contributed by atoms with van der Waals surface area (Å²) in [5.41, 5.74) is 0.274. The van der Waals surface area contributed by atoms with E-state index in [4.69, 9.17) is 11.6 Å². The number of rotatable bonds is 5. The molecule has 1 aromatic rings. The van der Waals surface area contributed by atoms with Crippen molar-refractivity contribution >= 4 is 11.6 Å². The maximum Gasteiger partial charge on any atom is 0.151 e. The summed E-state index contributed by atoms with van der Waals surface area (Å²) < 4.78 is 0. The number of nitrogens with zero attached hydrogens (tertiary/aromatic N) is 2. The van der Waals surface area contributed by atoms with Gasteiger partial charge in [-0.3, -0.25) is 4.90 Å². The van der Waals surface area contributed by atoms with Crippen LogP contribution < -0.4 is 0 Å². The number of halogens is 1. The van der Waals surface area contributed by atoms with Crippen molar-refractivity contribution < 1.29 is 5.11 Å². The number of aliphatic hydroxyl groups is 1. The highest BCUT2D eigenvalue weighted by Gasteiger charge is 2.43. The molecule has 0 radical (unpaired) electrons. The number of aryl methyl sites for hydroxylation is 1. The molecular formula is C16H28ClN3O. The molecule has 1 aliphatic rings. The van der Waals surface area contributed by atoms with Crippen LogP contribution in [-0.4, -0.2) is 38.7 Å². The van der Waals surface area contributed by atoms with Crippen molar-refractivity contribution in [1.29, 1.82) is 0 Å². The Balaban J connectivity index is 2.01. The first kappa shape index (κ1) is 16.8. The summed E-state index contributed by atoms with van der Waals surface area (Å²) in [6.45, 7) is 10.9. The van der Waals surface area contributed by atoms with Crippen LogP contribution in [0.25, 0.3) is 0 Å². The SMILES string of the molecule is CCCCc1nc(Cl)c(CN2CC[C@](C)(O)C(C)(C)C2)[nH]1. The van der Waals surface area contributed by atoms with Crippen molar-refractivity contribution in [3.05, 3.63) is 16.7 Å². The second-order valence-electron chi connectivity index (χ2n) is 7.17. The molecule has 5 heteroatoms. The van der Waals surface area contributed by atoms with Crippen molar-refractivity contribution in [2.75, 3.05) is 13.1 Å². The molecule has 0 aromatic carbocycles. The molecule has 2 rings (SSSR count). The zero-order chi connectivity index (χ0) is 15.7. The first-order valence-corrected chi connectivity index (χ1v) is 8.31. The van der Waals surface area contributed by atoms with Gasteiger partial charge in [-0.1, -0.05) is 38.8 Å². The fraction of sp³-hybridized carbons (Fsp3) is 0.812. The van der Waals surface area contributed by atoms with Crippen LogP contribution in [0.1, 0.15) is 58.5 Å². The molecular weight excluding hydrogens is 286 g/mol. The van der Waals surface area contributed by atoms with Crippen molar-refractivity contribution in [2.45, 2.75) is 65.5 Å². The van der Waals surface area contributed by atoms with E-state index in [0.29, 0.717) is 5.15 Å². The Kier molecular flexibility index (Phi) is 5.01. The number of unbranched alkanes of at least 4 members (excludes halogenated alkanes) is 1. The smallest absolute Gasteiger partial charge is 0.151 e. The average Bonchev–Trinajstić information content (AvgIpc) is 2.72. The predicted octanol–water partition coefficient (Wildman–Crippen LogP) is 3.39. The van der Waals surface area contributed by atoms with Crippen molar-refractivity contribution in [2.24, 2.45) is 5.41 Å². The third-order valence-corrected chi connectivity index (χ3v) is 5.23. The highest BCUT2D eigenvalue weighted by Crippen LogP contribution is 2.38. The van der Waals surface area contributed by atoms with Gasteiger partial charge in [0.25, 0.3) is 0 Å². The summed E-state index contributed by atoms with van der Waals surface area (Å²) in [6, 6.07) is 0. The lowest BCUT2D eigenvalue weighted by Gasteiger charge is -2.48. The largest absolute Gasteiger partial charge is 0.390 e. The molecule has 1 fully saturated rings. The van der Waals surface area contributed by atoms with E-state index in [2.05, 4.69) is 35.6 Å². The Labute approximate surface area is 132 Å². The summed E-state index contributed by atoms with van der Waals surface area (Å²) in [7, 11) is 0.